The van der Waals surface area contributed by atoms with Crippen LogP contribution in [-0.4, -0.2) is 25.3 Å². The second-order valence-electron chi connectivity index (χ2n) is 7.12. The molecule has 1 saturated heterocycles. The molecule has 1 aliphatic rings. The SMILES string of the molecule is COc1ccc(C2CC(C(=O)N/N=C/c3cccc(Oc4ccccc4)c3)NN2)cc1. The molecule has 0 aromatic heterocycles. The molecule has 3 aromatic carbocycles. The van der Waals surface area contributed by atoms with Gasteiger partial charge < -0.3 is 9.47 Å². The molecule has 2 unspecified atom stereocenters. The van der Waals surface area contributed by atoms with Crippen molar-refractivity contribution >= 4 is 12.1 Å². The molecule has 1 heterocycles. The van der Waals surface area contributed by atoms with E-state index in [2.05, 4.69) is 21.4 Å². The summed E-state index contributed by atoms with van der Waals surface area (Å²) in [4.78, 5) is 12.4. The lowest BCUT2D eigenvalue weighted by molar-refractivity contribution is -0.122. The molecule has 0 spiro atoms. The zero-order valence-electron chi connectivity index (χ0n) is 17.1. The predicted molar refractivity (Wildman–Crippen MR) is 119 cm³/mol. The Bertz CT molecular complexity index is 1040. The number of hydrogen-bond acceptors (Lipinski definition) is 6. The second kappa shape index (κ2) is 9.88. The van der Waals surface area contributed by atoms with Gasteiger partial charge >= 0.3 is 0 Å². The lowest BCUT2D eigenvalue weighted by Gasteiger charge is -2.10. The Morgan fingerprint density at radius 2 is 1.74 bits per heavy atom. The third-order valence-electron chi connectivity index (χ3n) is 4.96. The second-order valence-corrected chi connectivity index (χ2v) is 7.12. The summed E-state index contributed by atoms with van der Waals surface area (Å²) >= 11 is 0. The van der Waals surface area contributed by atoms with Crippen LogP contribution in [0.25, 0.3) is 0 Å². The van der Waals surface area contributed by atoms with Crippen LogP contribution in [0.15, 0.2) is 84.0 Å². The Morgan fingerprint density at radius 1 is 0.968 bits per heavy atom. The van der Waals surface area contributed by atoms with E-state index in [1.165, 1.54) is 0 Å². The van der Waals surface area contributed by atoms with Crippen molar-refractivity contribution in [2.24, 2.45) is 5.10 Å². The molecule has 2 atom stereocenters. The molecule has 31 heavy (non-hydrogen) atoms. The topological polar surface area (TPSA) is 84.0 Å². The molecular weight excluding hydrogens is 392 g/mol. The van der Waals surface area contributed by atoms with Crippen LogP contribution in [0.2, 0.25) is 0 Å². The summed E-state index contributed by atoms with van der Waals surface area (Å²) in [6.45, 7) is 0. The maximum absolute atomic E-state index is 12.4. The molecule has 0 bridgehead atoms. The van der Waals surface area contributed by atoms with Crippen LogP contribution in [-0.2, 0) is 4.79 Å². The monoisotopic (exact) mass is 416 g/mol. The van der Waals surface area contributed by atoms with Crippen molar-refractivity contribution < 1.29 is 14.3 Å². The Hall–Kier alpha value is -3.68. The van der Waals surface area contributed by atoms with Crippen LogP contribution in [0.5, 0.6) is 17.2 Å². The lowest BCUT2D eigenvalue weighted by atomic mass is 10.0. The number of benzene rings is 3. The van der Waals surface area contributed by atoms with Gasteiger partial charge in [0.15, 0.2) is 0 Å². The van der Waals surface area contributed by atoms with Crippen molar-refractivity contribution in [2.45, 2.75) is 18.5 Å². The van der Waals surface area contributed by atoms with Gasteiger partial charge in [-0.3, -0.25) is 4.79 Å². The number of nitrogens with zero attached hydrogens (tertiary/aromatic N) is 1. The Kier molecular flexibility index (Phi) is 6.56. The van der Waals surface area contributed by atoms with Crippen LogP contribution >= 0.6 is 0 Å². The summed E-state index contributed by atoms with van der Waals surface area (Å²) in [6.07, 6.45) is 2.22. The molecule has 1 aliphatic heterocycles. The van der Waals surface area contributed by atoms with Crippen molar-refractivity contribution in [3.63, 3.8) is 0 Å². The standard InChI is InChI=1S/C24H24N4O3/c1-30-19-12-10-18(11-13-19)22-15-23(27-26-22)24(29)28-25-16-17-6-5-9-21(14-17)31-20-7-3-2-4-8-20/h2-14,16,22-23,26-27H,15H2,1H3,(H,28,29)/b25-16+. The smallest absolute Gasteiger partial charge is 0.258 e. The maximum atomic E-state index is 12.4. The van der Waals surface area contributed by atoms with Crippen LogP contribution in [0.3, 0.4) is 0 Å². The molecular formula is C24H24N4O3. The number of nitrogens with one attached hydrogen (secondary N) is 3. The first-order valence-electron chi connectivity index (χ1n) is 10.0. The van der Waals surface area contributed by atoms with Gasteiger partial charge in [0.25, 0.3) is 5.91 Å². The van der Waals surface area contributed by atoms with Gasteiger partial charge in [0.2, 0.25) is 0 Å². The number of hydrazine groups is 1. The van der Waals surface area contributed by atoms with E-state index in [-0.39, 0.29) is 18.0 Å². The van der Waals surface area contributed by atoms with E-state index in [1.54, 1.807) is 13.3 Å². The van der Waals surface area contributed by atoms with Crippen molar-refractivity contribution in [1.82, 2.24) is 16.3 Å². The number of hydrazone groups is 1. The van der Waals surface area contributed by atoms with Crippen LogP contribution in [0.1, 0.15) is 23.6 Å². The summed E-state index contributed by atoms with van der Waals surface area (Å²) in [7, 11) is 1.64. The van der Waals surface area contributed by atoms with Gasteiger partial charge in [-0.05, 0) is 53.9 Å². The van der Waals surface area contributed by atoms with Gasteiger partial charge in [-0.25, -0.2) is 16.3 Å². The van der Waals surface area contributed by atoms with Gasteiger partial charge in [0.05, 0.1) is 13.3 Å². The molecule has 0 radical (unpaired) electrons. The number of methoxy groups -OCH3 is 1. The number of rotatable bonds is 7. The van der Waals surface area contributed by atoms with Crippen LogP contribution in [0.4, 0.5) is 0 Å². The fourth-order valence-electron chi connectivity index (χ4n) is 3.31. The van der Waals surface area contributed by atoms with Crippen molar-refractivity contribution in [3.8, 4) is 17.2 Å². The first-order valence-corrected chi connectivity index (χ1v) is 10.0. The van der Waals surface area contributed by atoms with Crippen molar-refractivity contribution in [3.05, 3.63) is 90.0 Å². The minimum Gasteiger partial charge on any atom is -0.497 e. The first kappa shape index (κ1) is 20.6. The molecule has 7 nitrogen and oxygen atoms in total. The van der Waals surface area contributed by atoms with E-state index in [0.717, 1.165) is 22.6 Å². The third-order valence-corrected chi connectivity index (χ3v) is 4.96. The van der Waals surface area contributed by atoms with Gasteiger partial charge in [-0.1, -0.05) is 42.5 Å². The summed E-state index contributed by atoms with van der Waals surface area (Å²) < 4.78 is 11.0. The van der Waals surface area contributed by atoms with Gasteiger partial charge in [-0.2, -0.15) is 5.10 Å². The number of para-hydroxylation sites is 1. The quantitative estimate of drug-likeness (QED) is 0.405. The first-order chi connectivity index (χ1) is 15.2. The average Bonchev–Trinajstić information content (AvgIpc) is 3.31. The summed E-state index contributed by atoms with van der Waals surface area (Å²) in [5, 5.41) is 4.09. The van der Waals surface area contributed by atoms with Gasteiger partial charge in [0, 0.05) is 6.04 Å². The molecule has 7 heteroatoms. The Balaban J connectivity index is 1.30. The Labute approximate surface area is 181 Å². The predicted octanol–water partition coefficient (Wildman–Crippen LogP) is 3.55. The third kappa shape index (κ3) is 5.48. The molecule has 3 N–H and O–H groups in total. The minimum atomic E-state index is -0.378. The zero-order chi connectivity index (χ0) is 21.5. The molecule has 3 aromatic rings. The van der Waals surface area contributed by atoms with Gasteiger partial charge in [0.1, 0.15) is 23.3 Å². The van der Waals surface area contributed by atoms with E-state index in [1.807, 2.05) is 78.9 Å². The number of carbonyl (C=O) groups is 1. The molecule has 1 amide bonds. The van der Waals surface area contributed by atoms with Crippen molar-refractivity contribution in [1.29, 1.82) is 0 Å². The Morgan fingerprint density at radius 3 is 2.52 bits per heavy atom. The van der Waals surface area contributed by atoms with E-state index >= 15 is 0 Å². The number of hydrogen-bond donors (Lipinski definition) is 3. The largest absolute Gasteiger partial charge is 0.497 e. The number of carbonyl (C=O) groups excluding carboxylic acids is 1. The highest BCUT2D eigenvalue weighted by Crippen LogP contribution is 2.24. The highest BCUT2D eigenvalue weighted by molar-refractivity contribution is 5.85. The maximum Gasteiger partial charge on any atom is 0.258 e. The highest BCUT2D eigenvalue weighted by atomic mass is 16.5. The molecule has 4 rings (SSSR count). The summed E-state index contributed by atoms with van der Waals surface area (Å²) in [5.41, 5.74) is 10.7. The highest BCUT2D eigenvalue weighted by Gasteiger charge is 2.30. The average molecular weight is 416 g/mol. The van der Waals surface area contributed by atoms with E-state index < -0.39 is 0 Å². The normalized spacial score (nSPS) is 18.1. The van der Waals surface area contributed by atoms with Crippen LogP contribution < -0.4 is 25.8 Å². The van der Waals surface area contributed by atoms with E-state index in [9.17, 15) is 4.79 Å². The molecule has 0 aliphatic carbocycles. The number of ether oxygens (including phenoxy) is 2. The molecule has 0 saturated carbocycles. The lowest BCUT2D eigenvalue weighted by Crippen LogP contribution is -2.41. The van der Waals surface area contributed by atoms with Crippen molar-refractivity contribution in [2.75, 3.05) is 7.11 Å². The fraction of sp³-hybridized carbons (Fsp3) is 0.167. The fourth-order valence-corrected chi connectivity index (χ4v) is 3.31. The van der Waals surface area contributed by atoms with E-state index in [4.69, 9.17) is 9.47 Å². The molecule has 1 fully saturated rings. The summed E-state index contributed by atoms with van der Waals surface area (Å²) in [6, 6.07) is 24.5. The van der Waals surface area contributed by atoms with Crippen LogP contribution in [0, 0.1) is 0 Å². The number of amides is 1. The summed E-state index contributed by atoms with van der Waals surface area (Å²) in [5.74, 6) is 2.06. The van der Waals surface area contributed by atoms with Gasteiger partial charge in [-0.15, -0.1) is 0 Å². The van der Waals surface area contributed by atoms with E-state index in [0.29, 0.717) is 12.2 Å². The molecule has 158 valence electrons. The minimum absolute atomic E-state index is 0.0393. The zero-order valence-corrected chi connectivity index (χ0v) is 17.1.